The number of aliphatic hydroxyl groups is 1. The topological polar surface area (TPSA) is 48.9 Å². The minimum atomic E-state index is 0.0225. The number of hydrogen-bond acceptors (Lipinski definition) is 2. The van der Waals surface area contributed by atoms with Crippen LogP contribution in [0.5, 0.6) is 0 Å². The fraction of sp³-hybridized carbons (Fsp3) is 0.400. The Labute approximate surface area is 107 Å². The van der Waals surface area contributed by atoms with E-state index in [4.69, 9.17) is 0 Å². The summed E-state index contributed by atoms with van der Waals surface area (Å²) < 4.78 is 0. The zero-order valence-electron chi connectivity index (χ0n) is 10.4. The average Bonchev–Trinajstić information content (AvgIpc) is 3.09. The predicted molar refractivity (Wildman–Crippen MR) is 70.2 cm³/mol. The Morgan fingerprint density at radius 3 is 2.50 bits per heavy atom. The second-order valence-electron chi connectivity index (χ2n) is 5.07. The van der Waals surface area contributed by atoms with E-state index in [0.717, 1.165) is 24.4 Å². The van der Waals surface area contributed by atoms with E-state index >= 15 is 0 Å². The number of hydrogen-bond donors (Lipinski definition) is 2. The summed E-state index contributed by atoms with van der Waals surface area (Å²) in [6, 6.07) is 10.6. The number of imidazole rings is 1. The van der Waals surface area contributed by atoms with Gasteiger partial charge in [0.15, 0.2) is 0 Å². The van der Waals surface area contributed by atoms with Gasteiger partial charge in [-0.3, -0.25) is 0 Å². The molecule has 1 saturated carbocycles. The van der Waals surface area contributed by atoms with Gasteiger partial charge >= 0.3 is 0 Å². The third-order valence-electron chi connectivity index (χ3n) is 4.04. The van der Waals surface area contributed by atoms with Gasteiger partial charge in [-0.15, -0.1) is 0 Å². The zero-order valence-corrected chi connectivity index (χ0v) is 10.4. The van der Waals surface area contributed by atoms with Crippen molar-refractivity contribution >= 4 is 0 Å². The van der Waals surface area contributed by atoms with E-state index in [1.54, 1.807) is 6.20 Å². The largest absolute Gasteiger partial charge is 0.390 e. The molecule has 3 heteroatoms. The molecule has 1 heterocycles. The van der Waals surface area contributed by atoms with Crippen molar-refractivity contribution < 1.29 is 5.11 Å². The van der Waals surface area contributed by atoms with Gasteiger partial charge in [-0.05, 0) is 18.4 Å². The number of aromatic amines is 1. The minimum Gasteiger partial charge on any atom is -0.390 e. The van der Waals surface area contributed by atoms with Gasteiger partial charge in [-0.25, -0.2) is 4.98 Å². The molecule has 18 heavy (non-hydrogen) atoms. The first kappa shape index (κ1) is 11.5. The van der Waals surface area contributed by atoms with Crippen molar-refractivity contribution in [1.29, 1.82) is 0 Å². The van der Waals surface area contributed by atoms with Crippen LogP contribution in [0.2, 0.25) is 0 Å². The molecule has 1 aromatic heterocycles. The molecule has 0 radical (unpaired) electrons. The third kappa shape index (κ3) is 1.75. The first-order valence-electron chi connectivity index (χ1n) is 6.56. The number of benzene rings is 1. The van der Waals surface area contributed by atoms with Crippen LogP contribution >= 0.6 is 0 Å². The molecule has 1 fully saturated rings. The van der Waals surface area contributed by atoms with E-state index in [9.17, 15) is 5.11 Å². The molecule has 0 amide bonds. The molecule has 0 atom stereocenters. The Bertz CT molecular complexity index is 512. The maximum absolute atomic E-state index is 9.18. The first-order chi connectivity index (χ1) is 8.85. The van der Waals surface area contributed by atoms with Gasteiger partial charge in [0.25, 0.3) is 0 Å². The number of aliphatic hydroxyl groups excluding tert-OH is 1. The standard InChI is InChI=1S/C15H18N2O/c18-11-13-10-16-14(17-13)15(8-4-5-9-15)12-6-2-1-3-7-12/h1-3,6-7,10,18H,4-5,8-9,11H2,(H,16,17). The molecule has 1 aromatic carbocycles. The highest BCUT2D eigenvalue weighted by atomic mass is 16.3. The van der Waals surface area contributed by atoms with E-state index in [1.807, 2.05) is 6.07 Å². The van der Waals surface area contributed by atoms with Crippen molar-refractivity contribution in [2.24, 2.45) is 0 Å². The molecule has 0 saturated heterocycles. The summed E-state index contributed by atoms with van der Waals surface area (Å²) in [6.45, 7) is 0.0257. The van der Waals surface area contributed by atoms with E-state index in [-0.39, 0.29) is 12.0 Å². The summed E-state index contributed by atoms with van der Waals surface area (Å²) in [5, 5.41) is 9.18. The monoisotopic (exact) mass is 242 g/mol. The van der Waals surface area contributed by atoms with Crippen molar-refractivity contribution in [2.45, 2.75) is 37.7 Å². The Morgan fingerprint density at radius 1 is 1.17 bits per heavy atom. The number of aromatic nitrogens is 2. The fourth-order valence-electron chi connectivity index (χ4n) is 3.08. The molecule has 3 rings (SSSR count). The minimum absolute atomic E-state index is 0.0225. The van der Waals surface area contributed by atoms with Gasteiger partial charge in [0.2, 0.25) is 0 Å². The zero-order chi connectivity index (χ0) is 12.4. The highest BCUT2D eigenvalue weighted by molar-refractivity contribution is 5.34. The SMILES string of the molecule is OCc1cnc(C2(c3ccccc3)CCCC2)[nH]1. The number of rotatable bonds is 3. The smallest absolute Gasteiger partial charge is 0.116 e. The first-order valence-corrected chi connectivity index (χ1v) is 6.56. The average molecular weight is 242 g/mol. The summed E-state index contributed by atoms with van der Waals surface area (Å²) in [4.78, 5) is 7.79. The van der Waals surface area contributed by atoms with Crippen LogP contribution in [0.1, 0.15) is 42.8 Å². The van der Waals surface area contributed by atoms with Crippen molar-refractivity contribution in [3.05, 3.63) is 53.6 Å². The maximum Gasteiger partial charge on any atom is 0.116 e. The molecule has 2 aromatic rings. The van der Waals surface area contributed by atoms with Crippen LogP contribution in [0.3, 0.4) is 0 Å². The predicted octanol–water partition coefficient (Wildman–Crippen LogP) is 2.76. The summed E-state index contributed by atoms with van der Waals surface area (Å²) in [5.41, 5.74) is 2.16. The summed E-state index contributed by atoms with van der Waals surface area (Å²) in [7, 11) is 0. The van der Waals surface area contributed by atoms with Crippen LogP contribution in [-0.4, -0.2) is 15.1 Å². The molecule has 1 aliphatic carbocycles. The quantitative estimate of drug-likeness (QED) is 0.869. The molecule has 0 unspecified atom stereocenters. The van der Waals surface area contributed by atoms with Gasteiger partial charge in [0.05, 0.1) is 23.9 Å². The lowest BCUT2D eigenvalue weighted by molar-refractivity contribution is 0.277. The molecule has 2 N–H and O–H groups in total. The van der Waals surface area contributed by atoms with Crippen molar-refractivity contribution in [2.75, 3.05) is 0 Å². The van der Waals surface area contributed by atoms with Crippen LogP contribution in [-0.2, 0) is 12.0 Å². The second kappa shape index (κ2) is 4.58. The summed E-state index contributed by atoms with van der Waals surface area (Å²) >= 11 is 0. The lowest BCUT2D eigenvalue weighted by Gasteiger charge is -2.27. The van der Waals surface area contributed by atoms with Crippen LogP contribution in [0, 0.1) is 0 Å². The Kier molecular flexibility index (Phi) is 2.92. The van der Waals surface area contributed by atoms with Crippen molar-refractivity contribution in [3.63, 3.8) is 0 Å². The van der Waals surface area contributed by atoms with Crippen LogP contribution in [0.4, 0.5) is 0 Å². The Morgan fingerprint density at radius 2 is 1.89 bits per heavy atom. The van der Waals surface area contributed by atoms with Crippen LogP contribution < -0.4 is 0 Å². The molecule has 0 bridgehead atoms. The number of nitrogens with zero attached hydrogens (tertiary/aromatic N) is 1. The van der Waals surface area contributed by atoms with E-state index in [1.165, 1.54) is 18.4 Å². The molecule has 0 aliphatic heterocycles. The Balaban J connectivity index is 2.06. The highest BCUT2D eigenvalue weighted by Gasteiger charge is 2.39. The maximum atomic E-state index is 9.18. The number of H-pyrrole nitrogens is 1. The summed E-state index contributed by atoms with van der Waals surface area (Å²) in [6.07, 6.45) is 6.50. The van der Waals surface area contributed by atoms with E-state index in [0.29, 0.717) is 0 Å². The normalized spacial score (nSPS) is 18.1. The van der Waals surface area contributed by atoms with Gasteiger partial charge in [0, 0.05) is 0 Å². The van der Waals surface area contributed by atoms with Crippen LogP contribution in [0.15, 0.2) is 36.5 Å². The molecular formula is C15H18N2O. The van der Waals surface area contributed by atoms with Gasteiger partial charge < -0.3 is 10.1 Å². The van der Waals surface area contributed by atoms with Crippen molar-refractivity contribution in [3.8, 4) is 0 Å². The lowest BCUT2D eigenvalue weighted by Crippen LogP contribution is -2.25. The lowest BCUT2D eigenvalue weighted by atomic mass is 9.78. The molecule has 0 spiro atoms. The van der Waals surface area contributed by atoms with E-state index < -0.39 is 0 Å². The molecule has 94 valence electrons. The molecular weight excluding hydrogens is 224 g/mol. The third-order valence-corrected chi connectivity index (χ3v) is 4.04. The fourth-order valence-corrected chi connectivity index (χ4v) is 3.08. The second-order valence-corrected chi connectivity index (χ2v) is 5.07. The highest BCUT2D eigenvalue weighted by Crippen LogP contribution is 2.44. The molecule has 1 aliphatic rings. The van der Waals surface area contributed by atoms with Crippen LogP contribution in [0.25, 0.3) is 0 Å². The van der Waals surface area contributed by atoms with Gasteiger partial charge in [-0.1, -0.05) is 43.2 Å². The van der Waals surface area contributed by atoms with Gasteiger partial charge in [0.1, 0.15) is 5.82 Å². The van der Waals surface area contributed by atoms with Crippen molar-refractivity contribution in [1.82, 2.24) is 9.97 Å². The summed E-state index contributed by atoms with van der Waals surface area (Å²) in [5.74, 6) is 1.01. The van der Waals surface area contributed by atoms with E-state index in [2.05, 4.69) is 34.2 Å². The number of nitrogens with one attached hydrogen (secondary N) is 1. The molecule has 3 nitrogen and oxygen atoms in total. The van der Waals surface area contributed by atoms with Gasteiger partial charge in [-0.2, -0.15) is 0 Å². The Hall–Kier alpha value is -1.61.